The lowest BCUT2D eigenvalue weighted by Crippen LogP contribution is -1.85. The predicted octanol–water partition coefficient (Wildman–Crippen LogP) is 3.18. The van der Waals surface area contributed by atoms with Crippen molar-refractivity contribution in [1.29, 1.82) is 0 Å². The number of aromatic nitrogens is 2. The average molecular weight is 233 g/mol. The van der Waals surface area contributed by atoms with E-state index in [2.05, 4.69) is 10.1 Å². The van der Waals surface area contributed by atoms with Crippen LogP contribution in [0.25, 0.3) is 11.5 Å². The molecule has 0 atom stereocenters. The van der Waals surface area contributed by atoms with Crippen LogP contribution in [0, 0.1) is 5.82 Å². The maximum Gasteiger partial charge on any atom is 0.264 e. The van der Waals surface area contributed by atoms with Gasteiger partial charge in [-0.3, -0.25) is 0 Å². The highest BCUT2D eigenvalue weighted by molar-refractivity contribution is 6.33. The zero-order valence-electron chi connectivity index (χ0n) is 6.67. The first-order valence-electron chi connectivity index (χ1n) is 3.62. The quantitative estimate of drug-likeness (QED) is 0.759. The summed E-state index contributed by atoms with van der Waals surface area (Å²) in [6.45, 7) is 0. The number of hydrogen-bond acceptors (Lipinski definition) is 3. The fraction of sp³-hybridized carbons (Fsp3) is 0. The first-order chi connectivity index (χ1) is 6.68. The molecule has 0 radical (unpaired) electrons. The van der Waals surface area contributed by atoms with E-state index in [1.807, 2.05) is 0 Å². The highest BCUT2D eigenvalue weighted by Gasteiger charge is 2.15. The first kappa shape index (κ1) is 9.43. The maximum atomic E-state index is 13.3. The van der Waals surface area contributed by atoms with Crippen molar-refractivity contribution in [2.75, 3.05) is 0 Å². The molecule has 0 N–H and O–H groups in total. The molecule has 0 saturated heterocycles. The van der Waals surface area contributed by atoms with E-state index in [-0.39, 0.29) is 21.8 Å². The van der Waals surface area contributed by atoms with Crippen molar-refractivity contribution in [3.05, 3.63) is 34.3 Å². The fourth-order valence-corrected chi connectivity index (χ4v) is 1.36. The van der Waals surface area contributed by atoms with Gasteiger partial charge in [0.15, 0.2) is 0 Å². The topological polar surface area (TPSA) is 38.9 Å². The minimum Gasteiger partial charge on any atom is -0.332 e. The summed E-state index contributed by atoms with van der Waals surface area (Å²) < 4.78 is 18.0. The van der Waals surface area contributed by atoms with Crippen LogP contribution in [0.3, 0.4) is 0 Å². The van der Waals surface area contributed by atoms with E-state index in [1.54, 1.807) is 0 Å². The Bertz CT molecular complexity index is 452. The van der Waals surface area contributed by atoms with Gasteiger partial charge in [-0.15, -0.1) is 0 Å². The summed E-state index contributed by atoms with van der Waals surface area (Å²) in [5.74, 6) is -0.559. The largest absolute Gasteiger partial charge is 0.332 e. The van der Waals surface area contributed by atoms with Crippen molar-refractivity contribution in [1.82, 2.24) is 10.1 Å². The van der Waals surface area contributed by atoms with Crippen LogP contribution in [0.5, 0.6) is 0 Å². The molecule has 0 saturated carbocycles. The van der Waals surface area contributed by atoms with Crippen LogP contribution in [0.4, 0.5) is 4.39 Å². The molecule has 0 unspecified atom stereocenters. The van der Waals surface area contributed by atoms with Gasteiger partial charge in [0.05, 0.1) is 10.6 Å². The molecule has 72 valence electrons. The van der Waals surface area contributed by atoms with E-state index in [4.69, 9.17) is 27.7 Å². The summed E-state index contributed by atoms with van der Waals surface area (Å²) in [6.07, 6.45) is 0. The molecule has 14 heavy (non-hydrogen) atoms. The number of hydrogen-bond donors (Lipinski definition) is 0. The van der Waals surface area contributed by atoms with Crippen molar-refractivity contribution in [2.45, 2.75) is 0 Å². The smallest absolute Gasteiger partial charge is 0.264 e. The van der Waals surface area contributed by atoms with Crippen molar-refractivity contribution >= 4 is 23.2 Å². The van der Waals surface area contributed by atoms with E-state index in [9.17, 15) is 4.39 Å². The fourth-order valence-electron chi connectivity index (χ4n) is 1.01. The summed E-state index contributed by atoms with van der Waals surface area (Å²) >= 11 is 11.2. The molecule has 0 aliphatic rings. The van der Waals surface area contributed by atoms with E-state index in [0.717, 1.165) is 0 Å². The molecule has 0 fully saturated rings. The van der Waals surface area contributed by atoms with Crippen molar-refractivity contribution in [3.8, 4) is 11.5 Å². The predicted molar refractivity (Wildman–Crippen MR) is 49.7 cm³/mol. The van der Waals surface area contributed by atoms with Gasteiger partial charge in [0.1, 0.15) is 5.82 Å². The first-order valence-corrected chi connectivity index (χ1v) is 4.37. The molecule has 2 aromatic rings. The van der Waals surface area contributed by atoms with E-state index in [0.29, 0.717) is 0 Å². The van der Waals surface area contributed by atoms with Crippen LogP contribution < -0.4 is 0 Å². The molecule has 0 aliphatic carbocycles. The molecular weight excluding hydrogens is 230 g/mol. The van der Waals surface area contributed by atoms with Crippen LogP contribution in [-0.4, -0.2) is 10.1 Å². The second kappa shape index (κ2) is 3.55. The lowest BCUT2D eigenvalue weighted by atomic mass is 10.2. The summed E-state index contributed by atoms with van der Waals surface area (Å²) in [5, 5.41) is 3.44. The second-order valence-corrected chi connectivity index (χ2v) is 3.21. The third kappa shape index (κ3) is 1.58. The Balaban J connectivity index is 2.61. The van der Waals surface area contributed by atoms with Gasteiger partial charge in [0.25, 0.3) is 11.2 Å². The zero-order chi connectivity index (χ0) is 10.1. The number of nitrogens with zero attached hydrogens (tertiary/aromatic N) is 2. The number of rotatable bonds is 1. The Kier molecular flexibility index (Phi) is 2.39. The van der Waals surface area contributed by atoms with Crippen molar-refractivity contribution < 1.29 is 8.91 Å². The van der Waals surface area contributed by atoms with Crippen molar-refractivity contribution in [2.24, 2.45) is 0 Å². The Morgan fingerprint density at radius 2 is 2.07 bits per heavy atom. The molecule has 3 nitrogen and oxygen atoms in total. The van der Waals surface area contributed by atoms with Gasteiger partial charge in [-0.2, -0.15) is 4.98 Å². The highest BCUT2D eigenvalue weighted by Crippen LogP contribution is 2.29. The zero-order valence-corrected chi connectivity index (χ0v) is 8.18. The lowest BCUT2D eigenvalue weighted by molar-refractivity contribution is 0.428. The van der Waals surface area contributed by atoms with Crippen LogP contribution in [0.1, 0.15) is 0 Å². The summed E-state index contributed by atoms with van der Waals surface area (Å²) in [7, 11) is 0. The van der Waals surface area contributed by atoms with Crippen LogP contribution >= 0.6 is 23.2 Å². The molecule has 0 spiro atoms. The molecule has 2 rings (SSSR count). The molecular formula is C8H3Cl2FN2O. The van der Waals surface area contributed by atoms with E-state index < -0.39 is 5.82 Å². The summed E-state index contributed by atoms with van der Waals surface area (Å²) in [5.41, 5.74) is 0.0635. The molecule has 1 aromatic carbocycles. The summed E-state index contributed by atoms with van der Waals surface area (Å²) in [4.78, 5) is 3.67. The maximum absolute atomic E-state index is 13.3. The lowest BCUT2D eigenvalue weighted by Gasteiger charge is -1.98. The van der Waals surface area contributed by atoms with Crippen LogP contribution in [0.2, 0.25) is 10.3 Å². The van der Waals surface area contributed by atoms with E-state index in [1.165, 1.54) is 18.2 Å². The highest BCUT2D eigenvalue weighted by atomic mass is 35.5. The molecule has 0 bridgehead atoms. The third-order valence-electron chi connectivity index (χ3n) is 1.58. The van der Waals surface area contributed by atoms with Gasteiger partial charge < -0.3 is 4.52 Å². The average Bonchev–Trinajstić information content (AvgIpc) is 2.51. The third-order valence-corrected chi connectivity index (χ3v) is 2.05. The Labute approximate surface area is 88.4 Å². The van der Waals surface area contributed by atoms with Gasteiger partial charge >= 0.3 is 0 Å². The normalized spacial score (nSPS) is 10.5. The Hall–Kier alpha value is -1.13. The second-order valence-electron chi connectivity index (χ2n) is 2.47. The Morgan fingerprint density at radius 3 is 2.64 bits per heavy atom. The van der Waals surface area contributed by atoms with Gasteiger partial charge in [-0.05, 0) is 28.9 Å². The van der Waals surface area contributed by atoms with Crippen LogP contribution in [0.15, 0.2) is 22.7 Å². The number of benzene rings is 1. The number of halogens is 3. The van der Waals surface area contributed by atoms with E-state index >= 15 is 0 Å². The monoisotopic (exact) mass is 232 g/mol. The molecule has 6 heteroatoms. The van der Waals surface area contributed by atoms with Crippen molar-refractivity contribution in [3.63, 3.8) is 0 Å². The minimum atomic E-state index is -0.530. The SMILES string of the molecule is Fc1cccc(Cl)c1-c1nc(Cl)no1. The van der Waals surface area contributed by atoms with Gasteiger partial charge in [0.2, 0.25) is 0 Å². The van der Waals surface area contributed by atoms with Gasteiger partial charge in [-0.1, -0.05) is 17.7 Å². The van der Waals surface area contributed by atoms with Crippen LogP contribution in [-0.2, 0) is 0 Å². The van der Waals surface area contributed by atoms with Gasteiger partial charge in [0, 0.05) is 0 Å². The Morgan fingerprint density at radius 1 is 1.29 bits per heavy atom. The molecule has 0 amide bonds. The molecule has 1 heterocycles. The minimum absolute atomic E-state index is 0.0295. The summed E-state index contributed by atoms with van der Waals surface area (Å²) in [6, 6.07) is 4.26. The van der Waals surface area contributed by atoms with Gasteiger partial charge in [-0.25, -0.2) is 4.39 Å². The molecule has 0 aliphatic heterocycles. The standard InChI is InChI=1S/C8H3Cl2FN2O/c9-4-2-1-3-5(11)6(4)7-12-8(10)13-14-7/h1-3H. The molecule has 1 aromatic heterocycles.